The molecule has 2 aromatic rings. The Morgan fingerprint density at radius 3 is 2.66 bits per heavy atom. The van der Waals surface area contributed by atoms with Gasteiger partial charge in [0.25, 0.3) is 0 Å². The SMILES string of the molecule is CC1=CC(CNCCN(C)C)C(C(C)C)CC1Cc1nnc(-c2ccncc2)o1. The van der Waals surface area contributed by atoms with Crippen LogP contribution in [0.15, 0.2) is 40.6 Å². The summed E-state index contributed by atoms with van der Waals surface area (Å²) in [5.74, 6) is 3.66. The molecule has 1 aliphatic rings. The molecule has 158 valence electrons. The zero-order valence-corrected chi connectivity index (χ0v) is 18.4. The molecule has 2 aromatic heterocycles. The first-order valence-electron chi connectivity index (χ1n) is 10.7. The van der Waals surface area contributed by atoms with Crippen molar-refractivity contribution in [1.29, 1.82) is 0 Å². The predicted molar refractivity (Wildman–Crippen MR) is 116 cm³/mol. The average molecular weight is 398 g/mol. The van der Waals surface area contributed by atoms with Crippen molar-refractivity contribution in [3.63, 3.8) is 0 Å². The van der Waals surface area contributed by atoms with E-state index < -0.39 is 0 Å². The van der Waals surface area contributed by atoms with Crippen LogP contribution < -0.4 is 5.32 Å². The number of nitrogens with one attached hydrogen (secondary N) is 1. The molecule has 3 rings (SSSR count). The van der Waals surface area contributed by atoms with Gasteiger partial charge in [-0.1, -0.05) is 25.5 Å². The average Bonchev–Trinajstić information content (AvgIpc) is 3.16. The summed E-state index contributed by atoms with van der Waals surface area (Å²) in [5.41, 5.74) is 2.36. The van der Waals surface area contributed by atoms with Crippen LogP contribution in [0.5, 0.6) is 0 Å². The molecule has 29 heavy (non-hydrogen) atoms. The molecule has 0 saturated heterocycles. The van der Waals surface area contributed by atoms with Gasteiger partial charge in [0.15, 0.2) is 0 Å². The van der Waals surface area contributed by atoms with Crippen molar-refractivity contribution in [1.82, 2.24) is 25.4 Å². The van der Waals surface area contributed by atoms with Gasteiger partial charge in [-0.3, -0.25) is 4.98 Å². The fraction of sp³-hybridized carbons (Fsp3) is 0.609. The van der Waals surface area contributed by atoms with Gasteiger partial charge in [-0.05, 0) is 63.2 Å². The van der Waals surface area contributed by atoms with E-state index in [0.29, 0.717) is 29.6 Å². The van der Waals surface area contributed by atoms with Crippen molar-refractivity contribution in [3.8, 4) is 11.5 Å². The van der Waals surface area contributed by atoms with Gasteiger partial charge in [-0.25, -0.2) is 0 Å². The number of nitrogens with zero attached hydrogens (tertiary/aromatic N) is 4. The largest absolute Gasteiger partial charge is 0.421 e. The van der Waals surface area contributed by atoms with Crippen LogP contribution in [0.4, 0.5) is 0 Å². The minimum Gasteiger partial charge on any atom is -0.421 e. The molecule has 6 heteroatoms. The lowest BCUT2D eigenvalue weighted by molar-refractivity contribution is 0.217. The van der Waals surface area contributed by atoms with Gasteiger partial charge in [0.1, 0.15) is 0 Å². The van der Waals surface area contributed by atoms with Crippen molar-refractivity contribution >= 4 is 0 Å². The molecule has 2 heterocycles. The number of pyridine rings is 1. The molecule has 0 radical (unpaired) electrons. The lowest BCUT2D eigenvalue weighted by Gasteiger charge is -2.37. The molecule has 0 bridgehead atoms. The van der Waals surface area contributed by atoms with Crippen LogP contribution in [-0.2, 0) is 6.42 Å². The van der Waals surface area contributed by atoms with Crippen LogP contribution in [0.3, 0.4) is 0 Å². The quantitative estimate of drug-likeness (QED) is 0.514. The van der Waals surface area contributed by atoms with Crippen molar-refractivity contribution in [2.45, 2.75) is 33.6 Å². The van der Waals surface area contributed by atoms with Crippen LogP contribution in [0.1, 0.15) is 33.1 Å². The maximum atomic E-state index is 5.95. The van der Waals surface area contributed by atoms with Gasteiger partial charge in [0, 0.05) is 44.0 Å². The first-order chi connectivity index (χ1) is 13.9. The highest BCUT2D eigenvalue weighted by Gasteiger charge is 2.32. The molecule has 0 aromatic carbocycles. The van der Waals surface area contributed by atoms with E-state index in [-0.39, 0.29) is 0 Å². The lowest BCUT2D eigenvalue weighted by atomic mass is 9.70. The summed E-state index contributed by atoms with van der Waals surface area (Å²) in [6.45, 7) is 10.1. The second-order valence-electron chi connectivity index (χ2n) is 8.86. The van der Waals surface area contributed by atoms with E-state index in [9.17, 15) is 0 Å². The van der Waals surface area contributed by atoms with Gasteiger partial charge >= 0.3 is 0 Å². The molecule has 6 nitrogen and oxygen atoms in total. The van der Waals surface area contributed by atoms with E-state index in [0.717, 1.165) is 37.5 Å². The van der Waals surface area contributed by atoms with Gasteiger partial charge in [-0.15, -0.1) is 10.2 Å². The number of allylic oxidation sites excluding steroid dienone is 1. The zero-order valence-electron chi connectivity index (χ0n) is 18.4. The van der Waals surface area contributed by atoms with Crippen molar-refractivity contribution in [2.24, 2.45) is 23.7 Å². The second kappa shape index (κ2) is 10.1. The molecule has 1 N–H and O–H groups in total. The summed E-state index contributed by atoms with van der Waals surface area (Å²) in [5, 5.41) is 12.2. The molecule has 0 saturated carbocycles. The van der Waals surface area contributed by atoms with E-state index in [2.05, 4.69) is 66.3 Å². The number of rotatable bonds is 9. The van der Waals surface area contributed by atoms with Crippen LogP contribution in [0.25, 0.3) is 11.5 Å². The summed E-state index contributed by atoms with van der Waals surface area (Å²) in [7, 11) is 4.23. The monoisotopic (exact) mass is 397 g/mol. The molecule has 0 fully saturated rings. The minimum absolute atomic E-state index is 0.464. The van der Waals surface area contributed by atoms with Gasteiger partial charge in [0.2, 0.25) is 11.8 Å². The molecule has 1 aliphatic carbocycles. The smallest absolute Gasteiger partial charge is 0.247 e. The Balaban J connectivity index is 1.64. The highest BCUT2D eigenvalue weighted by atomic mass is 16.4. The summed E-state index contributed by atoms with van der Waals surface area (Å²) in [4.78, 5) is 6.26. The molecule has 3 atom stereocenters. The van der Waals surface area contributed by atoms with Crippen molar-refractivity contribution < 1.29 is 4.42 Å². The van der Waals surface area contributed by atoms with Crippen LogP contribution in [0.2, 0.25) is 0 Å². The zero-order chi connectivity index (χ0) is 20.8. The number of aromatic nitrogens is 3. The van der Waals surface area contributed by atoms with E-state index in [1.54, 1.807) is 12.4 Å². The molecule has 3 unspecified atom stereocenters. The first-order valence-corrected chi connectivity index (χ1v) is 10.7. The highest BCUT2D eigenvalue weighted by Crippen LogP contribution is 2.38. The fourth-order valence-corrected chi connectivity index (χ4v) is 4.24. The molecule has 0 spiro atoms. The number of hydrogen-bond donors (Lipinski definition) is 1. The third kappa shape index (κ3) is 5.97. The van der Waals surface area contributed by atoms with Gasteiger partial charge in [-0.2, -0.15) is 0 Å². The highest BCUT2D eigenvalue weighted by molar-refractivity contribution is 5.50. The van der Waals surface area contributed by atoms with Crippen molar-refractivity contribution in [3.05, 3.63) is 42.1 Å². The maximum absolute atomic E-state index is 5.95. The lowest BCUT2D eigenvalue weighted by Crippen LogP contribution is -2.37. The Hall–Kier alpha value is -2.05. The standard InChI is InChI=1S/C23H35N5O/c1-16(2)21-13-19(17(3)12-20(21)15-25-10-11-28(4)5)14-22-26-27-23(29-22)18-6-8-24-9-7-18/h6-9,12,16,19-21,25H,10-11,13-15H2,1-5H3. The Bertz CT molecular complexity index is 784. The topological polar surface area (TPSA) is 67.1 Å². The number of likely N-dealkylation sites (N-methyl/N-ethyl adjacent to an activating group) is 1. The fourth-order valence-electron chi connectivity index (χ4n) is 4.24. The summed E-state index contributed by atoms with van der Waals surface area (Å²) in [6, 6.07) is 3.79. The van der Waals surface area contributed by atoms with Crippen LogP contribution in [-0.4, -0.2) is 53.8 Å². The molecular formula is C23H35N5O. The molecule has 0 amide bonds. The second-order valence-corrected chi connectivity index (χ2v) is 8.86. The molecular weight excluding hydrogens is 362 g/mol. The summed E-state index contributed by atoms with van der Waals surface area (Å²) >= 11 is 0. The maximum Gasteiger partial charge on any atom is 0.247 e. The predicted octanol–water partition coefficient (Wildman–Crippen LogP) is 3.68. The van der Waals surface area contributed by atoms with Crippen LogP contribution >= 0.6 is 0 Å². The Morgan fingerprint density at radius 1 is 1.21 bits per heavy atom. The summed E-state index contributed by atoms with van der Waals surface area (Å²) < 4.78 is 5.95. The third-order valence-corrected chi connectivity index (χ3v) is 6.01. The first kappa shape index (κ1) is 21.7. The Morgan fingerprint density at radius 2 is 1.97 bits per heavy atom. The van der Waals surface area contributed by atoms with E-state index in [4.69, 9.17) is 4.42 Å². The normalized spacial score (nSPS) is 22.3. The Kier molecular flexibility index (Phi) is 7.56. The van der Waals surface area contributed by atoms with E-state index in [1.807, 2.05) is 12.1 Å². The molecule has 0 aliphatic heterocycles. The van der Waals surface area contributed by atoms with E-state index >= 15 is 0 Å². The van der Waals surface area contributed by atoms with E-state index in [1.165, 1.54) is 12.0 Å². The number of hydrogen-bond acceptors (Lipinski definition) is 6. The Labute approximate surface area is 174 Å². The summed E-state index contributed by atoms with van der Waals surface area (Å²) in [6.07, 6.45) is 7.96. The van der Waals surface area contributed by atoms with Crippen molar-refractivity contribution in [2.75, 3.05) is 33.7 Å². The minimum atomic E-state index is 0.464. The van der Waals surface area contributed by atoms with Crippen LogP contribution in [0, 0.1) is 23.7 Å². The van der Waals surface area contributed by atoms with Gasteiger partial charge in [0.05, 0.1) is 0 Å². The van der Waals surface area contributed by atoms with Gasteiger partial charge < -0.3 is 14.6 Å². The third-order valence-electron chi connectivity index (χ3n) is 6.01.